The highest BCUT2D eigenvalue weighted by Crippen LogP contribution is 2.27. The van der Waals surface area contributed by atoms with Gasteiger partial charge in [0.15, 0.2) is 5.16 Å². The van der Waals surface area contributed by atoms with Crippen molar-refractivity contribution < 1.29 is 4.79 Å². The summed E-state index contributed by atoms with van der Waals surface area (Å²) < 4.78 is 0. The highest BCUT2D eigenvalue weighted by molar-refractivity contribution is 7.98. The van der Waals surface area contributed by atoms with Gasteiger partial charge < -0.3 is 10.6 Å². The zero-order valence-corrected chi connectivity index (χ0v) is 18.1. The van der Waals surface area contributed by atoms with Crippen molar-refractivity contribution >= 4 is 42.5 Å². The summed E-state index contributed by atoms with van der Waals surface area (Å²) in [7, 11) is 0. The fourth-order valence-corrected chi connectivity index (χ4v) is 4.12. The van der Waals surface area contributed by atoms with Crippen molar-refractivity contribution in [3.05, 3.63) is 77.6 Å². The Morgan fingerprint density at radius 1 is 1.10 bits per heavy atom. The molecule has 1 fully saturated rings. The second-order valence-electron chi connectivity index (χ2n) is 6.67. The molecular weight excluding hydrogens is 429 g/mol. The van der Waals surface area contributed by atoms with Crippen LogP contribution in [0.4, 0.5) is 0 Å². The van der Waals surface area contributed by atoms with E-state index >= 15 is 0 Å². The van der Waals surface area contributed by atoms with E-state index in [1.165, 1.54) is 11.9 Å². The molecule has 1 amide bonds. The molecule has 4 rings (SSSR count). The van der Waals surface area contributed by atoms with Crippen molar-refractivity contribution in [1.82, 2.24) is 20.1 Å². The standard InChI is InChI=1S/C20H21N5OS.2ClH/c21-18-11-25(10-17(18)15-4-2-1-3-5-15)19(26)16-8-6-14(7-9-16)12-27-20-22-13-23-24-20;;/h1-9,13,17-18H,10-12,21H2,(H,22,23,24);2*1H/t17-,18+;;/m0../s1. The first-order valence-electron chi connectivity index (χ1n) is 8.87. The van der Waals surface area contributed by atoms with Crippen LogP contribution in [0.2, 0.25) is 0 Å². The summed E-state index contributed by atoms with van der Waals surface area (Å²) in [6.07, 6.45) is 1.49. The molecule has 0 saturated carbocycles. The van der Waals surface area contributed by atoms with E-state index in [9.17, 15) is 4.79 Å². The Morgan fingerprint density at radius 3 is 2.48 bits per heavy atom. The fraction of sp³-hybridized carbons (Fsp3) is 0.250. The van der Waals surface area contributed by atoms with E-state index in [0.29, 0.717) is 18.7 Å². The first kappa shape index (κ1) is 23.2. The number of aromatic amines is 1. The molecule has 6 nitrogen and oxygen atoms in total. The first-order valence-corrected chi connectivity index (χ1v) is 9.86. The molecule has 0 bridgehead atoms. The number of carbonyl (C=O) groups excluding carboxylic acids is 1. The summed E-state index contributed by atoms with van der Waals surface area (Å²) >= 11 is 1.58. The number of nitrogens with two attached hydrogens (primary N) is 1. The Balaban J connectivity index is 0.00000150. The normalized spacial score (nSPS) is 18.0. The van der Waals surface area contributed by atoms with Gasteiger partial charge in [0.1, 0.15) is 6.33 Å². The van der Waals surface area contributed by atoms with Crippen molar-refractivity contribution in [3.63, 3.8) is 0 Å². The first-order chi connectivity index (χ1) is 13.2. The Kier molecular flexibility index (Phi) is 8.52. The summed E-state index contributed by atoms with van der Waals surface area (Å²) in [4.78, 5) is 18.8. The van der Waals surface area contributed by atoms with Crippen LogP contribution in [0.25, 0.3) is 0 Å². The quantitative estimate of drug-likeness (QED) is 0.579. The van der Waals surface area contributed by atoms with Crippen molar-refractivity contribution in [2.75, 3.05) is 13.1 Å². The molecule has 1 saturated heterocycles. The average Bonchev–Trinajstić information content (AvgIpc) is 3.36. The number of likely N-dealkylation sites (tertiary alicyclic amines) is 1. The third-order valence-corrected chi connectivity index (χ3v) is 5.80. The topological polar surface area (TPSA) is 87.9 Å². The highest BCUT2D eigenvalue weighted by atomic mass is 35.5. The predicted molar refractivity (Wildman–Crippen MR) is 120 cm³/mol. The molecule has 2 aromatic carbocycles. The molecule has 2 atom stereocenters. The smallest absolute Gasteiger partial charge is 0.253 e. The Bertz CT molecular complexity index is 893. The van der Waals surface area contributed by atoms with Crippen LogP contribution in [0, 0.1) is 0 Å². The van der Waals surface area contributed by atoms with Gasteiger partial charge in [-0.25, -0.2) is 4.98 Å². The van der Waals surface area contributed by atoms with Crippen LogP contribution in [-0.2, 0) is 5.75 Å². The van der Waals surface area contributed by atoms with E-state index < -0.39 is 0 Å². The van der Waals surface area contributed by atoms with Crippen LogP contribution < -0.4 is 5.73 Å². The Hall–Kier alpha value is -2.06. The van der Waals surface area contributed by atoms with E-state index in [0.717, 1.165) is 16.5 Å². The number of hydrogen-bond acceptors (Lipinski definition) is 5. The molecule has 0 radical (unpaired) electrons. The number of halogens is 2. The Morgan fingerprint density at radius 2 is 1.83 bits per heavy atom. The number of benzene rings is 2. The van der Waals surface area contributed by atoms with Gasteiger partial charge in [-0.2, -0.15) is 5.10 Å². The lowest BCUT2D eigenvalue weighted by atomic mass is 9.95. The van der Waals surface area contributed by atoms with E-state index in [-0.39, 0.29) is 42.7 Å². The maximum atomic E-state index is 12.9. The lowest BCUT2D eigenvalue weighted by molar-refractivity contribution is 0.0789. The summed E-state index contributed by atoms with van der Waals surface area (Å²) in [6, 6.07) is 17.9. The van der Waals surface area contributed by atoms with Crippen LogP contribution in [0.1, 0.15) is 27.4 Å². The molecule has 2 heterocycles. The monoisotopic (exact) mass is 451 g/mol. The second-order valence-corrected chi connectivity index (χ2v) is 7.63. The lowest BCUT2D eigenvalue weighted by Gasteiger charge is -2.17. The van der Waals surface area contributed by atoms with Gasteiger partial charge in [0, 0.05) is 36.4 Å². The third-order valence-electron chi connectivity index (χ3n) is 4.85. The molecule has 1 aliphatic rings. The zero-order valence-electron chi connectivity index (χ0n) is 15.6. The molecule has 1 aromatic heterocycles. The molecular formula is C20H23Cl2N5OS. The van der Waals surface area contributed by atoms with E-state index in [2.05, 4.69) is 27.3 Å². The molecule has 0 aliphatic carbocycles. The van der Waals surface area contributed by atoms with Crippen molar-refractivity contribution in [2.45, 2.75) is 22.9 Å². The summed E-state index contributed by atoms with van der Waals surface area (Å²) in [6.45, 7) is 1.24. The number of hydrogen-bond donors (Lipinski definition) is 2. The number of nitrogens with zero attached hydrogens (tertiary/aromatic N) is 3. The van der Waals surface area contributed by atoms with Gasteiger partial charge >= 0.3 is 0 Å². The molecule has 29 heavy (non-hydrogen) atoms. The number of nitrogens with one attached hydrogen (secondary N) is 1. The molecule has 1 aliphatic heterocycles. The van der Waals surface area contributed by atoms with Crippen LogP contribution in [0.5, 0.6) is 0 Å². The van der Waals surface area contributed by atoms with Gasteiger partial charge in [0.2, 0.25) is 0 Å². The predicted octanol–water partition coefficient (Wildman–Crippen LogP) is 3.51. The minimum absolute atomic E-state index is 0. The van der Waals surface area contributed by atoms with E-state index in [1.54, 1.807) is 11.8 Å². The van der Waals surface area contributed by atoms with Crippen LogP contribution in [0.3, 0.4) is 0 Å². The third kappa shape index (κ3) is 5.51. The van der Waals surface area contributed by atoms with Gasteiger partial charge in [-0.15, -0.1) is 24.8 Å². The summed E-state index contributed by atoms with van der Waals surface area (Å²) in [5, 5.41) is 7.44. The van der Waals surface area contributed by atoms with Gasteiger partial charge in [-0.3, -0.25) is 9.89 Å². The SMILES string of the molecule is Cl.Cl.N[C@@H]1CN(C(=O)c2ccc(CSc3ncn[nH]3)cc2)C[C@H]1c1ccccc1. The summed E-state index contributed by atoms with van der Waals surface area (Å²) in [5.41, 5.74) is 9.34. The maximum absolute atomic E-state index is 12.9. The number of H-pyrrole nitrogens is 1. The number of aromatic nitrogens is 3. The maximum Gasteiger partial charge on any atom is 0.253 e. The van der Waals surface area contributed by atoms with Crippen LogP contribution >= 0.6 is 36.6 Å². The number of thioether (sulfide) groups is 1. The molecule has 3 N–H and O–H groups in total. The number of rotatable bonds is 5. The van der Waals surface area contributed by atoms with Crippen LogP contribution in [0.15, 0.2) is 66.1 Å². The van der Waals surface area contributed by atoms with Gasteiger partial charge in [0.25, 0.3) is 5.91 Å². The molecule has 0 spiro atoms. The largest absolute Gasteiger partial charge is 0.336 e. The van der Waals surface area contributed by atoms with Gasteiger partial charge in [0.05, 0.1) is 0 Å². The lowest BCUT2D eigenvalue weighted by Crippen LogP contribution is -2.32. The summed E-state index contributed by atoms with van der Waals surface area (Å²) in [5.74, 6) is 1.000. The van der Waals surface area contributed by atoms with Gasteiger partial charge in [-0.1, -0.05) is 54.2 Å². The molecule has 0 unspecified atom stereocenters. The minimum Gasteiger partial charge on any atom is -0.336 e. The highest BCUT2D eigenvalue weighted by Gasteiger charge is 2.34. The fourth-order valence-electron chi connectivity index (χ4n) is 3.39. The second kappa shape index (κ2) is 10.6. The van der Waals surface area contributed by atoms with Crippen LogP contribution in [-0.4, -0.2) is 45.1 Å². The van der Waals surface area contributed by atoms with Crippen molar-refractivity contribution in [1.29, 1.82) is 0 Å². The minimum atomic E-state index is -0.0334. The zero-order chi connectivity index (χ0) is 18.6. The molecule has 3 aromatic rings. The van der Waals surface area contributed by atoms with E-state index in [1.807, 2.05) is 47.4 Å². The Labute approximate surface area is 186 Å². The van der Waals surface area contributed by atoms with E-state index in [4.69, 9.17) is 5.73 Å². The van der Waals surface area contributed by atoms with Crippen molar-refractivity contribution in [3.8, 4) is 0 Å². The average molecular weight is 452 g/mol. The van der Waals surface area contributed by atoms with Crippen molar-refractivity contribution in [2.24, 2.45) is 5.73 Å². The van der Waals surface area contributed by atoms with Gasteiger partial charge in [-0.05, 0) is 23.3 Å². The molecule has 154 valence electrons. The number of carbonyl (C=O) groups is 1. The molecule has 9 heteroatoms. The number of amides is 1.